The van der Waals surface area contributed by atoms with Gasteiger partial charge in [0.05, 0.1) is 5.75 Å². The molecule has 1 N–H and O–H groups in total. The van der Waals surface area contributed by atoms with Crippen LogP contribution in [0.1, 0.15) is 25.3 Å². The van der Waals surface area contributed by atoms with Gasteiger partial charge in [0, 0.05) is 38.1 Å². The fourth-order valence-corrected chi connectivity index (χ4v) is 3.42. The van der Waals surface area contributed by atoms with Crippen LogP contribution < -0.4 is 5.32 Å². The van der Waals surface area contributed by atoms with Crippen LogP contribution in [0.25, 0.3) is 0 Å². The van der Waals surface area contributed by atoms with E-state index in [1.54, 1.807) is 23.6 Å². The summed E-state index contributed by atoms with van der Waals surface area (Å²) >= 11 is 0. The highest BCUT2D eigenvalue weighted by Crippen LogP contribution is 2.14. The van der Waals surface area contributed by atoms with Crippen molar-refractivity contribution in [2.75, 3.05) is 18.8 Å². The Morgan fingerprint density at radius 3 is 2.53 bits per heavy atom. The van der Waals surface area contributed by atoms with Crippen molar-refractivity contribution in [3.8, 4) is 0 Å². The molecule has 6 heteroatoms. The zero-order chi connectivity index (χ0) is 13.7. The number of rotatable bonds is 5. The molecule has 0 aliphatic carbocycles. The van der Waals surface area contributed by atoms with Gasteiger partial charge >= 0.3 is 0 Å². The molecule has 1 aromatic heterocycles. The van der Waals surface area contributed by atoms with Crippen molar-refractivity contribution in [3.63, 3.8) is 0 Å². The van der Waals surface area contributed by atoms with Crippen LogP contribution in [-0.2, 0) is 16.6 Å². The van der Waals surface area contributed by atoms with E-state index < -0.39 is 10.0 Å². The zero-order valence-corrected chi connectivity index (χ0v) is 12.1. The number of nitrogens with zero attached hydrogens (tertiary/aromatic N) is 2. The Kier molecular flexibility index (Phi) is 4.90. The highest BCUT2D eigenvalue weighted by atomic mass is 32.2. The second-order valence-corrected chi connectivity index (χ2v) is 7.07. The Bertz CT molecular complexity index is 482. The monoisotopic (exact) mass is 283 g/mol. The summed E-state index contributed by atoms with van der Waals surface area (Å²) in [7, 11) is -3.01. The van der Waals surface area contributed by atoms with Crippen molar-refractivity contribution in [2.24, 2.45) is 0 Å². The molecular formula is C13H21N3O2S. The highest BCUT2D eigenvalue weighted by Gasteiger charge is 2.26. The van der Waals surface area contributed by atoms with E-state index in [1.165, 1.54) is 5.56 Å². The van der Waals surface area contributed by atoms with Gasteiger partial charge in [0.2, 0.25) is 10.0 Å². The lowest BCUT2D eigenvalue weighted by Gasteiger charge is -2.31. The van der Waals surface area contributed by atoms with Gasteiger partial charge < -0.3 is 5.32 Å². The third kappa shape index (κ3) is 3.99. The molecule has 1 aliphatic rings. The molecule has 1 aromatic rings. The van der Waals surface area contributed by atoms with Gasteiger partial charge in [0.25, 0.3) is 0 Å². The Labute approximate surface area is 115 Å². The van der Waals surface area contributed by atoms with Crippen molar-refractivity contribution in [1.82, 2.24) is 14.6 Å². The number of pyridine rings is 1. The molecule has 0 spiro atoms. The van der Waals surface area contributed by atoms with E-state index in [2.05, 4.69) is 10.3 Å². The molecule has 1 fully saturated rings. The van der Waals surface area contributed by atoms with Crippen LogP contribution >= 0.6 is 0 Å². The predicted octanol–water partition coefficient (Wildman–Crippen LogP) is 0.985. The summed E-state index contributed by atoms with van der Waals surface area (Å²) in [5.41, 5.74) is 1.21. The fourth-order valence-electron chi connectivity index (χ4n) is 2.28. The van der Waals surface area contributed by atoms with E-state index in [0.717, 1.165) is 19.4 Å². The standard InChI is InChI=1S/C13H21N3O2S/c1-2-19(17,18)16-9-5-13(6-10-16)15-11-12-3-7-14-8-4-12/h3-4,7-8,13,15H,2,5-6,9-11H2,1H3. The molecule has 5 nitrogen and oxygen atoms in total. The average molecular weight is 283 g/mol. The van der Waals surface area contributed by atoms with Gasteiger partial charge in [-0.2, -0.15) is 0 Å². The topological polar surface area (TPSA) is 62.3 Å². The number of hydrogen-bond acceptors (Lipinski definition) is 4. The molecule has 0 atom stereocenters. The molecule has 19 heavy (non-hydrogen) atoms. The van der Waals surface area contributed by atoms with Crippen LogP contribution in [-0.4, -0.2) is 42.6 Å². The summed E-state index contributed by atoms with van der Waals surface area (Å²) in [5, 5.41) is 3.48. The van der Waals surface area contributed by atoms with E-state index >= 15 is 0 Å². The maximum atomic E-state index is 11.7. The first-order chi connectivity index (χ1) is 9.12. The van der Waals surface area contributed by atoms with Gasteiger partial charge in [-0.25, -0.2) is 12.7 Å². The first-order valence-electron chi connectivity index (χ1n) is 6.72. The summed E-state index contributed by atoms with van der Waals surface area (Å²) in [6.07, 6.45) is 5.33. The van der Waals surface area contributed by atoms with Gasteiger partial charge in [0.15, 0.2) is 0 Å². The zero-order valence-electron chi connectivity index (χ0n) is 11.2. The largest absolute Gasteiger partial charge is 0.310 e. The van der Waals surface area contributed by atoms with Crippen molar-refractivity contribution >= 4 is 10.0 Å². The van der Waals surface area contributed by atoms with Crippen LogP contribution in [0.5, 0.6) is 0 Å². The second-order valence-electron chi connectivity index (χ2n) is 4.81. The maximum Gasteiger partial charge on any atom is 0.213 e. The predicted molar refractivity (Wildman–Crippen MR) is 75.1 cm³/mol. The molecule has 0 radical (unpaired) electrons. The van der Waals surface area contributed by atoms with Gasteiger partial charge in [-0.15, -0.1) is 0 Å². The van der Waals surface area contributed by atoms with Crippen LogP contribution in [0.15, 0.2) is 24.5 Å². The van der Waals surface area contributed by atoms with Crippen LogP contribution in [0.4, 0.5) is 0 Å². The molecule has 1 aliphatic heterocycles. The molecule has 0 bridgehead atoms. The Morgan fingerprint density at radius 1 is 1.32 bits per heavy atom. The quantitative estimate of drug-likeness (QED) is 0.875. The molecule has 2 heterocycles. The number of sulfonamides is 1. The molecule has 2 rings (SSSR count). The van der Waals surface area contributed by atoms with Crippen molar-refractivity contribution in [1.29, 1.82) is 0 Å². The van der Waals surface area contributed by atoms with E-state index in [4.69, 9.17) is 0 Å². The van der Waals surface area contributed by atoms with E-state index in [9.17, 15) is 8.42 Å². The molecule has 1 saturated heterocycles. The lowest BCUT2D eigenvalue weighted by molar-refractivity contribution is 0.289. The Hall–Kier alpha value is -0.980. The minimum atomic E-state index is -3.01. The van der Waals surface area contributed by atoms with Gasteiger partial charge in [0.1, 0.15) is 0 Å². The van der Waals surface area contributed by atoms with Crippen molar-refractivity contribution in [3.05, 3.63) is 30.1 Å². The Morgan fingerprint density at radius 2 is 1.95 bits per heavy atom. The third-order valence-electron chi connectivity index (χ3n) is 3.56. The summed E-state index contributed by atoms with van der Waals surface area (Å²) in [6.45, 7) is 3.77. The summed E-state index contributed by atoms with van der Waals surface area (Å²) < 4.78 is 25.1. The van der Waals surface area contributed by atoms with E-state index in [1.807, 2.05) is 12.1 Å². The Balaban J connectivity index is 1.78. The van der Waals surface area contributed by atoms with Gasteiger partial charge in [-0.05, 0) is 37.5 Å². The number of piperidine rings is 1. The average Bonchev–Trinajstić information content (AvgIpc) is 2.47. The fraction of sp³-hybridized carbons (Fsp3) is 0.615. The van der Waals surface area contributed by atoms with Gasteiger partial charge in [-0.1, -0.05) is 0 Å². The molecule has 0 aromatic carbocycles. The smallest absolute Gasteiger partial charge is 0.213 e. The SMILES string of the molecule is CCS(=O)(=O)N1CCC(NCc2ccncc2)CC1. The lowest BCUT2D eigenvalue weighted by atomic mass is 10.1. The lowest BCUT2D eigenvalue weighted by Crippen LogP contribution is -2.45. The molecular weight excluding hydrogens is 262 g/mol. The normalized spacial score (nSPS) is 18.6. The van der Waals surface area contributed by atoms with Gasteiger partial charge in [-0.3, -0.25) is 4.98 Å². The minimum absolute atomic E-state index is 0.197. The number of nitrogens with one attached hydrogen (secondary N) is 1. The highest BCUT2D eigenvalue weighted by molar-refractivity contribution is 7.89. The molecule has 0 saturated carbocycles. The first kappa shape index (κ1) is 14.4. The van der Waals surface area contributed by atoms with Crippen LogP contribution in [0.2, 0.25) is 0 Å². The number of hydrogen-bond donors (Lipinski definition) is 1. The number of aromatic nitrogens is 1. The van der Waals surface area contributed by atoms with E-state index in [0.29, 0.717) is 19.1 Å². The minimum Gasteiger partial charge on any atom is -0.310 e. The molecule has 106 valence electrons. The second kappa shape index (κ2) is 6.45. The van der Waals surface area contributed by atoms with E-state index in [-0.39, 0.29) is 5.75 Å². The van der Waals surface area contributed by atoms with Crippen molar-refractivity contribution < 1.29 is 8.42 Å². The maximum absolute atomic E-state index is 11.7. The van der Waals surface area contributed by atoms with Crippen LogP contribution in [0, 0.1) is 0 Å². The summed E-state index contributed by atoms with van der Waals surface area (Å²) in [6, 6.07) is 4.38. The van der Waals surface area contributed by atoms with Crippen LogP contribution in [0.3, 0.4) is 0 Å². The molecule has 0 unspecified atom stereocenters. The first-order valence-corrected chi connectivity index (χ1v) is 8.33. The summed E-state index contributed by atoms with van der Waals surface area (Å²) in [4.78, 5) is 3.99. The van der Waals surface area contributed by atoms with Crippen molar-refractivity contribution in [2.45, 2.75) is 32.4 Å². The summed E-state index contributed by atoms with van der Waals surface area (Å²) in [5.74, 6) is 0.197. The molecule has 0 amide bonds. The third-order valence-corrected chi connectivity index (χ3v) is 5.44.